The summed E-state index contributed by atoms with van der Waals surface area (Å²) in [6.45, 7) is 0.330. The van der Waals surface area contributed by atoms with Crippen LogP contribution in [0.5, 0.6) is 11.6 Å². The molecule has 0 saturated carbocycles. The minimum Gasteiger partial charge on any atom is -0.497 e. The number of methoxy groups -OCH3 is 2. The number of nitrogens with two attached hydrogens (primary N) is 1. The Balaban J connectivity index is 2.15. The van der Waals surface area contributed by atoms with Crippen LogP contribution >= 0.6 is 0 Å². The van der Waals surface area contributed by atoms with Gasteiger partial charge in [-0.25, -0.2) is 0 Å². The van der Waals surface area contributed by atoms with Gasteiger partial charge in [0.1, 0.15) is 17.4 Å². The second kappa shape index (κ2) is 6.02. The second-order valence-electron chi connectivity index (χ2n) is 5.05. The number of aromatic amines is 1. The number of benzene rings is 1. The number of nitrogens with zero attached hydrogens (tertiary/aromatic N) is 2. The molecule has 1 aromatic heterocycles. The van der Waals surface area contributed by atoms with Crippen molar-refractivity contribution in [2.75, 3.05) is 14.2 Å². The van der Waals surface area contributed by atoms with E-state index in [2.05, 4.69) is 16.3 Å². The highest BCUT2D eigenvalue weighted by Crippen LogP contribution is 2.43. The van der Waals surface area contributed by atoms with Gasteiger partial charge in [-0.1, -0.05) is 12.1 Å². The van der Waals surface area contributed by atoms with Crippen LogP contribution in [0.25, 0.3) is 0 Å². The molecule has 1 atom stereocenters. The quantitative estimate of drug-likeness (QED) is 0.891. The highest BCUT2D eigenvalue weighted by atomic mass is 16.5. The van der Waals surface area contributed by atoms with Crippen LogP contribution in [0.1, 0.15) is 22.7 Å². The first kappa shape index (κ1) is 14.9. The fourth-order valence-electron chi connectivity index (χ4n) is 2.69. The van der Waals surface area contributed by atoms with Crippen LogP contribution in [0.4, 0.5) is 0 Å². The molecule has 7 nitrogen and oxygen atoms in total. The van der Waals surface area contributed by atoms with Crippen molar-refractivity contribution in [1.29, 1.82) is 5.26 Å². The third kappa shape index (κ3) is 2.49. The van der Waals surface area contributed by atoms with Gasteiger partial charge in [0.2, 0.25) is 11.8 Å². The molecule has 3 rings (SSSR count). The van der Waals surface area contributed by atoms with Crippen molar-refractivity contribution in [3.8, 4) is 17.7 Å². The molecule has 1 aliphatic heterocycles. The molecule has 0 saturated heterocycles. The predicted molar refractivity (Wildman–Crippen MR) is 81.6 cm³/mol. The van der Waals surface area contributed by atoms with E-state index in [1.165, 1.54) is 0 Å². The van der Waals surface area contributed by atoms with Gasteiger partial charge in [-0.2, -0.15) is 5.26 Å². The molecular weight excluding hydrogens is 296 g/mol. The molecule has 1 aromatic carbocycles. The van der Waals surface area contributed by atoms with Crippen molar-refractivity contribution in [3.63, 3.8) is 0 Å². The first-order chi connectivity index (χ1) is 11.2. The average Bonchev–Trinajstić information content (AvgIpc) is 2.96. The van der Waals surface area contributed by atoms with Crippen molar-refractivity contribution >= 4 is 0 Å². The molecule has 3 N–H and O–H groups in total. The van der Waals surface area contributed by atoms with E-state index in [1.54, 1.807) is 14.2 Å². The smallest absolute Gasteiger partial charge is 0.244 e. The molecule has 0 fully saturated rings. The molecule has 0 radical (unpaired) electrons. The zero-order valence-electron chi connectivity index (χ0n) is 12.8. The minimum atomic E-state index is -0.362. The van der Waals surface area contributed by atoms with Crippen molar-refractivity contribution in [2.45, 2.75) is 12.5 Å². The van der Waals surface area contributed by atoms with Gasteiger partial charge in [-0.05, 0) is 17.7 Å². The molecule has 0 unspecified atom stereocenters. The fourth-order valence-corrected chi connectivity index (χ4v) is 2.69. The van der Waals surface area contributed by atoms with E-state index in [0.29, 0.717) is 18.1 Å². The molecule has 1 aliphatic rings. The number of ether oxygens (including phenoxy) is 3. The number of hydrogen-bond donors (Lipinski definition) is 2. The maximum atomic E-state index is 9.52. The number of allylic oxidation sites excluding steroid dienone is 1. The Hall–Kier alpha value is -2.98. The number of nitriles is 1. The fraction of sp³-hybridized carbons (Fsp3) is 0.250. The average molecular weight is 312 g/mol. The van der Waals surface area contributed by atoms with Gasteiger partial charge in [0.15, 0.2) is 0 Å². The van der Waals surface area contributed by atoms with Crippen molar-refractivity contribution < 1.29 is 14.2 Å². The van der Waals surface area contributed by atoms with Gasteiger partial charge in [0.25, 0.3) is 0 Å². The van der Waals surface area contributed by atoms with Crippen LogP contribution in [0, 0.1) is 11.3 Å². The highest BCUT2D eigenvalue weighted by Gasteiger charge is 2.35. The Kier molecular flexibility index (Phi) is 3.91. The Labute approximate surface area is 133 Å². The SMILES string of the molecule is COCc1[nH]nc2c1[C@@H](c1ccc(OC)cc1)C(C#N)=C(N)O2. The van der Waals surface area contributed by atoms with E-state index >= 15 is 0 Å². The zero-order valence-corrected chi connectivity index (χ0v) is 12.8. The van der Waals surface area contributed by atoms with Gasteiger partial charge in [-0.15, -0.1) is 5.10 Å². The van der Waals surface area contributed by atoms with E-state index in [0.717, 1.165) is 22.6 Å². The molecule has 0 amide bonds. The van der Waals surface area contributed by atoms with E-state index in [9.17, 15) is 5.26 Å². The predicted octanol–water partition coefficient (Wildman–Crippen LogP) is 1.78. The Bertz CT molecular complexity index is 787. The summed E-state index contributed by atoms with van der Waals surface area (Å²) in [5, 5.41) is 16.5. The maximum Gasteiger partial charge on any atom is 0.244 e. The van der Waals surface area contributed by atoms with Gasteiger partial charge in [0, 0.05) is 7.11 Å². The van der Waals surface area contributed by atoms with Crippen molar-refractivity contribution in [1.82, 2.24) is 10.2 Å². The van der Waals surface area contributed by atoms with E-state index in [-0.39, 0.29) is 11.8 Å². The lowest BCUT2D eigenvalue weighted by Gasteiger charge is -2.24. The Morgan fingerprint density at radius 2 is 2.09 bits per heavy atom. The summed E-state index contributed by atoms with van der Waals surface area (Å²) in [7, 11) is 3.20. The van der Waals surface area contributed by atoms with Gasteiger partial charge in [0.05, 0.1) is 30.9 Å². The maximum absolute atomic E-state index is 9.52. The number of hydrogen-bond acceptors (Lipinski definition) is 6. The van der Waals surface area contributed by atoms with Crippen LogP contribution in [-0.4, -0.2) is 24.4 Å². The normalized spacial score (nSPS) is 16.5. The molecular formula is C16H16N4O3. The summed E-state index contributed by atoms with van der Waals surface area (Å²) in [6.07, 6.45) is 0. The van der Waals surface area contributed by atoms with E-state index < -0.39 is 0 Å². The van der Waals surface area contributed by atoms with Crippen LogP contribution in [0.15, 0.2) is 35.7 Å². The minimum absolute atomic E-state index is 0.0660. The summed E-state index contributed by atoms with van der Waals surface area (Å²) in [5.74, 6) is 0.810. The number of fused-ring (bicyclic) bond motifs is 1. The first-order valence-electron chi connectivity index (χ1n) is 6.97. The molecule has 7 heteroatoms. The van der Waals surface area contributed by atoms with Gasteiger partial charge in [-0.3, -0.25) is 5.10 Å². The molecule has 23 heavy (non-hydrogen) atoms. The summed E-state index contributed by atoms with van der Waals surface area (Å²) >= 11 is 0. The van der Waals surface area contributed by atoms with Gasteiger partial charge < -0.3 is 19.9 Å². The summed E-state index contributed by atoms with van der Waals surface area (Å²) < 4.78 is 15.8. The Morgan fingerprint density at radius 1 is 1.35 bits per heavy atom. The zero-order chi connectivity index (χ0) is 16.4. The van der Waals surface area contributed by atoms with Crippen molar-refractivity contribution in [3.05, 3.63) is 52.5 Å². The lowest BCUT2D eigenvalue weighted by molar-refractivity contribution is 0.180. The van der Waals surface area contributed by atoms with Crippen LogP contribution in [0.3, 0.4) is 0 Å². The number of H-pyrrole nitrogens is 1. The topological polar surface area (TPSA) is 106 Å². The number of rotatable bonds is 4. The summed E-state index contributed by atoms with van der Waals surface area (Å²) in [5.41, 5.74) is 8.66. The summed E-state index contributed by atoms with van der Waals surface area (Å²) in [4.78, 5) is 0. The third-order valence-corrected chi connectivity index (χ3v) is 3.76. The molecule has 0 aliphatic carbocycles. The van der Waals surface area contributed by atoms with Crippen LogP contribution in [-0.2, 0) is 11.3 Å². The third-order valence-electron chi connectivity index (χ3n) is 3.76. The monoisotopic (exact) mass is 312 g/mol. The largest absolute Gasteiger partial charge is 0.497 e. The lowest BCUT2D eigenvalue weighted by Crippen LogP contribution is -2.21. The number of aromatic nitrogens is 2. The van der Waals surface area contributed by atoms with E-state index in [4.69, 9.17) is 19.9 Å². The molecule has 118 valence electrons. The van der Waals surface area contributed by atoms with E-state index in [1.807, 2.05) is 24.3 Å². The molecule has 0 spiro atoms. The highest BCUT2D eigenvalue weighted by molar-refractivity contribution is 5.55. The second-order valence-corrected chi connectivity index (χ2v) is 5.05. The van der Waals surface area contributed by atoms with Crippen LogP contribution < -0.4 is 15.2 Å². The van der Waals surface area contributed by atoms with Gasteiger partial charge >= 0.3 is 0 Å². The summed E-state index contributed by atoms with van der Waals surface area (Å²) in [6, 6.07) is 9.62. The lowest BCUT2D eigenvalue weighted by atomic mass is 9.84. The molecule has 0 bridgehead atoms. The number of nitrogens with one attached hydrogen (secondary N) is 1. The molecule has 2 aromatic rings. The molecule has 2 heterocycles. The van der Waals surface area contributed by atoms with Crippen LogP contribution in [0.2, 0.25) is 0 Å². The van der Waals surface area contributed by atoms with Crippen molar-refractivity contribution in [2.24, 2.45) is 5.73 Å². The standard InChI is InChI=1S/C16H16N4O3/c1-21-8-12-14-13(9-3-5-10(22-2)6-4-9)11(7-17)15(18)23-16(14)20-19-12/h3-6,13H,8,18H2,1-2H3,(H,19,20)/t13-/m0/s1. The first-order valence-corrected chi connectivity index (χ1v) is 6.97. The Morgan fingerprint density at radius 3 is 2.70 bits per heavy atom.